The summed E-state index contributed by atoms with van der Waals surface area (Å²) in [6.45, 7) is 6.91. The van der Waals surface area contributed by atoms with E-state index in [2.05, 4.69) is 38.7 Å². The Kier molecular flexibility index (Phi) is 6.37. The fourth-order valence-electron chi connectivity index (χ4n) is 2.70. The maximum absolute atomic E-state index is 12.0. The minimum atomic E-state index is -0.441. The van der Waals surface area contributed by atoms with Crippen LogP contribution in [0.5, 0.6) is 0 Å². The first-order chi connectivity index (χ1) is 10.5. The van der Waals surface area contributed by atoms with E-state index in [0.29, 0.717) is 0 Å². The molecular weight excluding hydrogens is 368 g/mol. The van der Waals surface area contributed by atoms with Gasteiger partial charge < -0.3 is 15.1 Å². The van der Waals surface area contributed by atoms with Crippen LogP contribution in [-0.4, -0.2) is 51.2 Å². The predicted octanol–water partition coefficient (Wildman–Crippen LogP) is -1.36. The number of piperazine rings is 1. The minimum absolute atomic E-state index is 0.199. The van der Waals surface area contributed by atoms with Crippen LogP contribution in [-0.2, 0) is 11.3 Å². The summed E-state index contributed by atoms with van der Waals surface area (Å²) in [5.74, 6) is -0.208. The van der Waals surface area contributed by atoms with Crippen molar-refractivity contribution in [1.82, 2.24) is 10.6 Å². The highest BCUT2D eigenvalue weighted by atomic mass is 79.9. The Bertz CT molecular complexity index is 529. The normalized spacial score (nSPS) is 22.9. The summed E-state index contributed by atoms with van der Waals surface area (Å²) in [5, 5.41) is 4.76. The van der Waals surface area contributed by atoms with Crippen molar-refractivity contribution in [3.8, 4) is 0 Å². The lowest BCUT2D eigenvalue weighted by molar-refractivity contribution is -1.02. The van der Waals surface area contributed by atoms with Crippen molar-refractivity contribution in [3.05, 3.63) is 20.8 Å². The predicted molar refractivity (Wildman–Crippen MR) is 89.2 cm³/mol. The Morgan fingerprint density at radius 2 is 2.00 bits per heavy atom. The molecule has 1 aromatic heterocycles. The zero-order valence-corrected chi connectivity index (χ0v) is 15.3. The number of amides is 3. The fraction of sp³-hybridized carbons (Fsp3) is 0.571. The molecule has 1 aliphatic rings. The quantitative estimate of drug-likeness (QED) is 0.512. The second kappa shape index (κ2) is 8.05. The molecule has 2 heterocycles. The summed E-state index contributed by atoms with van der Waals surface area (Å²) >= 11 is 5.28. The average molecular weight is 391 g/mol. The summed E-state index contributed by atoms with van der Waals surface area (Å²) in [6, 6.07) is 3.62. The van der Waals surface area contributed by atoms with Crippen molar-refractivity contribution < 1.29 is 19.4 Å². The van der Waals surface area contributed by atoms with Crippen molar-refractivity contribution in [2.45, 2.75) is 19.5 Å². The molecule has 3 amide bonds. The second-order valence-electron chi connectivity index (χ2n) is 5.58. The molecule has 1 fully saturated rings. The summed E-state index contributed by atoms with van der Waals surface area (Å²) in [6.07, 6.45) is 0. The topological polar surface area (TPSA) is 67.1 Å². The zero-order chi connectivity index (χ0) is 16.1. The molecule has 122 valence electrons. The highest BCUT2D eigenvalue weighted by Gasteiger charge is 2.31. The van der Waals surface area contributed by atoms with Crippen LogP contribution >= 0.6 is 27.3 Å². The number of hydrogen-bond acceptors (Lipinski definition) is 3. The molecule has 0 aromatic carbocycles. The van der Waals surface area contributed by atoms with Gasteiger partial charge in [0.1, 0.15) is 32.7 Å². The number of carbonyl (C=O) groups is 2. The first-order valence-electron chi connectivity index (χ1n) is 7.44. The van der Waals surface area contributed by atoms with E-state index in [1.54, 1.807) is 16.2 Å². The van der Waals surface area contributed by atoms with Gasteiger partial charge in [-0.2, -0.15) is 0 Å². The maximum atomic E-state index is 12.0. The third kappa shape index (κ3) is 4.77. The summed E-state index contributed by atoms with van der Waals surface area (Å²) < 4.78 is 1.17. The van der Waals surface area contributed by atoms with Crippen molar-refractivity contribution in [2.75, 3.05) is 33.2 Å². The molecule has 4 N–H and O–H groups in total. The molecule has 0 aliphatic carbocycles. The lowest BCUT2D eigenvalue weighted by Gasteiger charge is -2.32. The first-order valence-corrected chi connectivity index (χ1v) is 9.05. The van der Waals surface area contributed by atoms with Gasteiger partial charge in [0.25, 0.3) is 5.91 Å². The van der Waals surface area contributed by atoms with E-state index < -0.39 is 6.03 Å². The smallest absolute Gasteiger partial charge is 0.321 e. The van der Waals surface area contributed by atoms with Crippen molar-refractivity contribution >= 4 is 39.2 Å². The standard InChI is InChI=1S/C14H21BrN4O2S/c1-10(13(20)17-14(21)16-2)19-7-5-18(6-8-19)9-11-3-4-12(15)22-11/h3-4,10H,5-9H2,1-2H3,(H2,16,17,20,21)/p+2/t10-/m0/s1. The van der Waals surface area contributed by atoms with Gasteiger partial charge >= 0.3 is 6.03 Å². The number of thiophene rings is 1. The molecular formula is C14H23BrN4O2S+2. The third-order valence-corrected chi connectivity index (χ3v) is 5.75. The Labute approximate surface area is 143 Å². The number of hydrogen-bond donors (Lipinski definition) is 4. The largest absolute Gasteiger partial charge is 0.341 e. The van der Waals surface area contributed by atoms with Gasteiger partial charge in [-0.3, -0.25) is 10.1 Å². The van der Waals surface area contributed by atoms with Gasteiger partial charge in [0.2, 0.25) is 0 Å². The lowest BCUT2D eigenvalue weighted by atomic mass is 10.2. The number of imide groups is 1. The van der Waals surface area contributed by atoms with E-state index in [1.807, 2.05) is 6.92 Å². The zero-order valence-electron chi connectivity index (χ0n) is 12.9. The fourth-order valence-corrected chi connectivity index (χ4v) is 4.25. The van der Waals surface area contributed by atoms with Crippen LogP contribution in [0.15, 0.2) is 15.9 Å². The van der Waals surface area contributed by atoms with Gasteiger partial charge in [-0.05, 0) is 35.0 Å². The van der Waals surface area contributed by atoms with E-state index in [-0.39, 0.29) is 11.9 Å². The lowest BCUT2D eigenvalue weighted by Crippen LogP contribution is -3.29. The number of nitrogens with one attached hydrogen (secondary N) is 4. The van der Waals surface area contributed by atoms with Gasteiger partial charge in [0.05, 0.1) is 8.66 Å². The van der Waals surface area contributed by atoms with E-state index in [0.717, 1.165) is 32.7 Å². The molecule has 1 aromatic rings. The molecule has 1 aliphatic heterocycles. The molecule has 1 atom stereocenters. The summed E-state index contributed by atoms with van der Waals surface area (Å²) in [7, 11) is 1.51. The SMILES string of the molecule is CNC(=O)NC(=O)[C@H](C)[NH+]1CC[NH+](Cc2ccc(Br)s2)CC1. The van der Waals surface area contributed by atoms with Crippen LogP contribution in [0.2, 0.25) is 0 Å². The monoisotopic (exact) mass is 390 g/mol. The van der Waals surface area contributed by atoms with Crippen LogP contribution in [0.25, 0.3) is 0 Å². The van der Waals surface area contributed by atoms with E-state index in [4.69, 9.17) is 0 Å². The van der Waals surface area contributed by atoms with Gasteiger partial charge in [-0.1, -0.05) is 0 Å². The molecule has 8 heteroatoms. The maximum Gasteiger partial charge on any atom is 0.321 e. The van der Waals surface area contributed by atoms with E-state index in [9.17, 15) is 9.59 Å². The highest BCUT2D eigenvalue weighted by Crippen LogP contribution is 2.21. The van der Waals surface area contributed by atoms with Crippen LogP contribution in [0, 0.1) is 0 Å². The number of carbonyl (C=O) groups excluding carboxylic acids is 2. The number of rotatable bonds is 4. The molecule has 1 saturated heterocycles. The molecule has 0 bridgehead atoms. The molecule has 6 nitrogen and oxygen atoms in total. The average Bonchev–Trinajstić information content (AvgIpc) is 2.92. The van der Waals surface area contributed by atoms with Crippen molar-refractivity contribution in [2.24, 2.45) is 0 Å². The molecule has 2 rings (SSSR count). The molecule has 0 spiro atoms. The summed E-state index contributed by atoms with van der Waals surface area (Å²) in [5.41, 5.74) is 0. The molecule has 0 unspecified atom stereocenters. The molecule has 22 heavy (non-hydrogen) atoms. The highest BCUT2D eigenvalue weighted by molar-refractivity contribution is 9.11. The van der Waals surface area contributed by atoms with Crippen LogP contribution in [0.1, 0.15) is 11.8 Å². The van der Waals surface area contributed by atoms with E-state index in [1.165, 1.54) is 20.6 Å². The minimum Gasteiger partial charge on any atom is -0.341 e. The Hall–Kier alpha value is -0.960. The molecule has 0 radical (unpaired) electrons. The molecule has 0 saturated carbocycles. The third-order valence-electron chi connectivity index (χ3n) is 4.12. The summed E-state index contributed by atoms with van der Waals surface area (Å²) in [4.78, 5) is 27.4. The van der Waals surface area contributed by atoms with Crippen molar-refractivity contribution in [1.29, 1.82) is 0 Å². The van der Waals surface area contributed by atoms with Gasteiger partial charge in [-0.15, -0.1) is 11.3 Å². The van der Waals surface area contributed by atoms with Crippen LogP contribution < -0.4 is 20.4 Å². The Morgan fingerprint density at radius 3 is 2.55 bits per heavy atom. The van der Waals surface area contributed by atoms with Gasteiger partial charge in [0.15, 0.2) is 6.04 Å². The first kappa shape index (κ1) is 17.4. The Balaban J connectivity index is 1.78. The van der Waals surface area contributed by atoms with E-state index >= 15 is 0 Å². The number of halogens is 1. The number of quaternary nitrogens is 2. The van der Waals surface area contributed by atoms with Gasteiger partial charge in [-0.25, -0.2) is 4.79 Å². The van der Waals surface area contributed by atoms with Gasteiger partial charge in [0, 0.05) is 7.05 Å². The van der Waals surface area contributed by atoms with Crippen molar-refractivity contribution in [3.63, 3.8) is 0 Å². The van der Waals surface area contributed by atoms with Crippen LogP contribution in [0.3, 0.4) is 0 Å². The van der Waals surface area contributed by atoms with Crippen LogP contribution in [0.4, 0.5) is 4.79 Å². The Morgan fingerprint density at radius 1 is 1.32 bits per heavy atom. The second-order valence-corrected chi connectivity index (χ2v) is 8.13. The number of urea groups is 1.